The second-order valence-corrected chi connectivity index (χ2v) is 5.40. The van der Waals surface area contributed by atoms with Crippen molar-refractivity contribution in [1.82, 2.24) is 9.88 Å². The Hall–Kier alpha value is -1.69. The smallest absolute Gasteiger partial charge is 0.319 e. The number of hydrogen-bond acceptors (Lipinski definition) is 4. The minimum absolute atomic E-state index is 0.0394. The van der Waals surface area contributed by atoms with E-state index in [9.17, 15) is 14.9 Å². The lowest BCUT2D eigenvalue weighted by Gasteiger charge is -2.26. The van der Waals surface area contributed by atoms with Crippen molar-refractivity contribution in [3.05, 3.63) is 33.1 Å². The molecule has 0 N–H and O–H groups in total. The second-order valence-electron chi connectivity index (χ2n) is 5.05. The summed E-state index contributed by atoms with van der Waals surface area (Å²) in [6.07, 6.45) is 4.48. The average Bonchev–Trinajstić information content (AvgIpc) is 2.99. The van der Waals surface area contributed by atoms with Crippen LogP contribution in [0.3, 0.4) is 0 Å². The molecule has 19 heavy (non-hydrogen) atoms. The lowest BCUT2D eigenvalue weighted by molar-refractivity contribution is -0.385. The molecular weight excluding hydrogens is 270 g/mol. The van der Waals surface area contributed by atoms with E-state index in [2.05, 4.69) is 4.98 Å². The van der Waals surface area contributed by atoms with Gasteiger partial charge in [0.15, 0.2) is 0 Å². The number of carbonyl (C=O) groups excluding carboxylic acids is 1. The highest BCUT2D eigenvalue weighted by Gasteiger charge is 2.42. The fraction of sp³-hybridized carbons (Fsp3) is 0.500. The Labute approximate surface area is 114 Å². The molecule has 1 amide bonds. The van der Waals surface area contributed by atoms with Gasteiger partial charge >= 0.3 is 5.69 Å². The number of amides is 1. The molecule has 0 aromatic carbocycles. The summed E-state index contributed by atoms with van der Waals surface area (Å²) in [6, 6.07) is 1.60. The van der Waals surface area contributed by atoms with Gasteiger partial charge in [-0.15, -0.1) is 0 Å². The summed E-state index contributed by atoms with van der Waals surface area (Å²) in [5.41, 5.74) is -0.352. The van der Waals surface area contributed by atoms with Gasteiger partial charge in [0.1, 0.15) is 5.56 Å². The Morgan fingerprint density at radius 3 is 2.89 bits per heavy atom. The SMILES string of the molecule is O=C(c1ccnc(Cl)c1[N+](=O)[O-])N1CC2CCC1C2. The molecule has 0 spiro atoms. The zero-order chi connectivity index (χ0) is 13.6. The van der Waals surface area contributed by atoms with E-state index >= 15 is 0 Å². The van der Waals surface area contributed by atoms with Crippen LogP contribution in [0.4, 0.5) is 5.69 Å². The van der Waals surface area contributed by atoms with E-state index in [1.54, 1.807) is 4.90 Å². The third-order valence-electron chi connectivity index (χ3n) is 3.96. The summed E-state index contributed by atoms with van der Waals surface area (Å²) < 4.78 is 0. The lowest BCUT2D eigenvalue weighted by atomic mass is 10.1. The fourth-order valence-corrected chi connectivity index (χ4v) is 3.33. The van der Waals surface area contributed by atoms with Crippen LogP contribution < -0.4 is 0 Å². The van der Waals surface area contributed by atoms with E-state index in [-0.39, 0.29) is 22.7 Å². The van der Waals surface area contributed by atoms with E-state index in [4.69, 9.17) is 11.6 Å². The number of aromatic nitrogens is 1. The number of likely N-dealkylation sites (tertiary alicyclic amines) is 1. The number of pyridine rings is 1. The molecule has 2 atom stereocenters. The molecule has 1 saturated heterocycles. The van der Waals surface area contributed by atoms with E-state index < -0.39 is 10.6 Å². The van der Waals surface area contributed by atoms with Crippen LogP contribution in [0.25, 0.3) is 0 Å². The minimum atomic E-state index is -0.642. The normalized spacial score (nSPS) is 24.8. The number of fused-ring (bicyclic) bond motifs is 2. The highest BCUT2D eigenvalue weighted by molar-refractivity contribution is 6.32. The van der Waals surface area contributed by atoms with Crippen LogP contribution in [0.15, 0.2) is 12.3 Å². The average molecular weight is 282 g/mol. The quantitative estimate of drug-likeness (QED) is 0.473. The van der Waals surface area contributed by atoms with E-state index in [1.165, 1.54) is 12.3 Å². The Morgan fingerprint density at radius 2 is 2.32 bits per heavy atom. The second kappa shape index (κ2) is 4.45. The summed E-state index contributed by atoms with van der Waals surface area (Å²) >= 11 is 5.73. The van der Waals surface area contributed by atoms with Crippen molar-refractivity contribution in [2.45, 2.75) is 25.3 Å². The summed E-state index contributed by atoms with van der Waals surface area (Å²) in [5.74, 6) is 0.244. The van der Waals surface area contributed by atoms with E-state index in [0.29, 0.717) is 12.5 Å². The molecule has 0 radical (unpaired) electrons. The third-order valence-corrected chi connectivity index (χ3v) is 4.24. The summed E-state index contributed by atoms with van der Waals surface area (Å²) in [7, 11) is 0. The predicted molar refractivity (Wildman–Crippen MR) is 68.1 cm³/mol. The molecule has 7 heteroatoms. The maximum absolute atomic E-state index is 12.4. The van der Waals surface area contributed by atoms with Gasteiger partial charge in [-0.3, -0.25) is 14.9 Å². The van der Waals surface area contributed by atoms with Gasteiger partial charge in [0.2, 0.25) is 5.15 Å². The van der Waals surface area contributed by atoms with Gasteiger partial charge in [0.25, 0.3) is 5.91 Å². The zero-order valence-electron chi connectivity index (χ0n) is 10.1. The minimum Gasteiger partial charge on any atom is -0.335 e. The zero-order valence-corrected chi connectivity index (χ0v) is 10.8. The van der Waals surface area contributed by atoms with Crippen LogP contribution in [0.5, 0.6) is 0 Å². The maximum Gasteiger partial charge on any atom is 0.319 e. The first-order chi connectivity index (χ1) is 9.08. The maximum atomic E-state index is 12.4. The van der Waals surface area contributed by atoms with Gasteiger partial charge in [0, 0.05) is 18.8 Å². The van der Waals surface area contributed by atoms with Crippen molar-refractivity contribution in [2.75, 3.05) is 6.54 Å². The Morgan fingerprint density at radius 1 is 1.53 bits per heavy atom. The number of nitro groups is 1. The van der Waals surface area contributed by atoms with Crippen LogP contribution >= 0.6 is 11.6 Å². The Bertz CT molecular complexity index is 563. The molecule has 2 bridgehead atoms. The topological polar surface area (TPSA) is 76.3 Å². The number of piperidine rings is 1. The van der Waals surface area contributed by atoms with Gasteiger partial charge in [0.05, 0.1) is 4.92 Å². The highest BCUT2D eigenvalue weighted by Crippen LogP contribution is 2.39. The molecule has 2 fully saturated rings. The van der Waals surface area contributed by atoms with Gasteiger partial charge in [-0.25, -0.2) is 4.98 Å². The van der Waals surface area contributed by atoms with Crippen molar-refractivity contribution in [3.63, 3.8) is 0 Å². The number of hydrogen-bond donors (Lipinski definition) is 0. The number of halogens is 1. The molecule has 1 aliphatic carbocycles. The van der Waals surface area contributed by atoms with Crippen LogP contribution in [-0.4, -0.2) is 33.3 Å². The van der Waals surface area contributed by atoms with E-state index in [0.717, 1.165) is 19.3 Å². The largest absolute Gasteiger partial charge is 0.335 e. The Balaban J connectivity index is 1.96. The van der Waals surface area contributed by atoms with Crippen molar-refractivity contribution in [1.29, 1.82) is 0 Å². The molecule has 2 heterocycles. The predicted octanol–water partition coefficient (Wildman–Crippen LogP) is 2.27. The van der Waals surface area contributed by atoms with Crippen molar-refractivity contribution < 1.29 is 9.72 Å². The molecular formula is C12H12ClN3O3. The molecule has 2 aliphatic rings. The fourth-order valence-electron chi connectivity index (χ4n) is 3.10. The standard InChI is InChI=1S/C12H12ClN3O3/c13-11-10(16(18)19)9(3-4-14-11)12(17)15-6-7-1-2-8(15)5-7/h3-4,7-8H,1-2,5-6H2. The van der Waals surface area contributed by atoms with Gasteiger partial charge in [-0.05, 0) is 31.2 Å². The summed E-state index contributed by atoms with van der Waals surface area (Å²) in [4.78, 5) is 28.3. The van der Waals surface area contributed by atoms with Crippen molar-refractivity contribution in [2.24, 2.45) is 5.92 Å². The first-order valence-corrected chi connectivity index (χ1v) is 6.55. The van der Waals surface area contributed by atoms with Crippen LogP contribution in [0.2, 0.25) is 5.15 Å². The first-order valence-electron chi connectivity index (χ1n) is 6.17. The van der Waals surface area contributed by atoms with Gasteiger partial charge < -0.3 is 4.90 Å². The molecule has 1 aliphatic heterocycles. The monoisotopic (exact) mass is 281 g/mol. The molecule has 100 valence electrons. The number of rotatable bonds is 2. The molecule has 1 aromatic heterocycles. The van der Waals surface area contributed by atoms with Gasteiger partial charge in [-0.2, -0.15) is 0 Å². The number of nitrogens with zero attached hydrogens (tertiary/aromatic N) is 3. The van der Waals surface area contributed by atoms with Crippen LogP contribution in [0, 0.1) is 16.0 Å². The van der Waals surface area contributed by atoms with Crippen LogP contribution in [0.1, 0.15) is 29.6 Å². The van der Waals surface area contributed by atoms with Crippen molar-refractivity contribution in [3.8, 4) is 0 Å². The molecule has 2 unspecified atom stereocenters. The summed E-state index contributed by atoms with van der Waals surface area (Å²) in [5, 5.41) is 10.8. The van der Waals surface area contributed by atoms with Crippen LogP contribution in [-0.2, 0) is 0 Å². The third kappa shape index (κ3) is 1.96. The van der Waals surface area contributed by atoms with E-state index in [1.807, 2.05) is 0 Å². The van der Waals surface area contributed by atoms with Gasteiger partial charge in [-0.1, -0.05) is 11.6 Å². The molecule has 1 aromatic rings. The number of carbonyl (C=O) groups is 1. The molecule has 6 nitrogen and oxygen atoms in total. The highest BCUT2D eigenvalue weighted by atomic mass is 35.5. The van der Waals surface area contributed by atoms with Crippen molar-refractivity contribution >= 4 is 23.2 Å². The summed E-state index contributed by atoms with van der Waals surface area (Å²) in [6.45, 7) is 0.695. The molecule has 1 saturated carbocycles. The lowest BCUT2D eigenvalue weighted by Crippen LogP contribution is -2.37. The molecule has 3 rings (SSSR count). The Kier molecular flexibility index (Phi) is 2.89. The first kappa shape index (κ1) is 12.3.